The second-order valence-electron chi connectivity index (χ2n) is 2.01. The second kappa shape index (κ2) is 4.91. The molecule has 0 fully saturated rings. The van der Waals surface area contributed by atoms with Gasteiger partial charge in [0, 0.05) is 0 Å². The summed E-state index contributed by atoms with van der Waals surface area (Å²) in [5, 5.41) is 10.8. The Morgan fingerprint density at radius 2 is 2.33 bits per heavy atom. The van der Waals surface area contributed by atoms with E-state index in [9.17, 15) is 5.11 Å². The molecule has 1 unspecified atom stereocenters. The molecule has 1 aliphatic carbocycles. The Morgan fingerprint density at radius 3 is 2.67 bits per heavy atom. The monoisotopic (exact) mass is 198 g/mol. The second-order valence-corrected chi connectivity index (χ2v) is 2.92. The molecule has 0 saturated carbocycles. The van der Waals surface area contributed by atoms with E-state index in [4.69, 9.17) is 0 Å². The van der Waals surface area contributed by atoms with E-state index in [1.165, 1.54) is 0 Å². The van der Waals surface area contributed by atoms with Crippen LogP contribution < -0.4 is 34.7 Å². The molecule has 9 heavy (non-hydrogen) atoms. The van der Waals surface area contributed by atoms with Crippen LogP contribution in [0.1, 0.15) is 19.3 Å². The van der Waals surface area contributed by atoms with E-state index in [-0.39, 0.29) is 29.6 Å². The molecule has 1 rings (SSSR count). The predicted octanol–water partition coefficient (Wildman–Crippen LogP) is -1.82. The van der Waals surface area contributed by atoms with Gasteiger partial charge in [-0.25, -0.2) is 0 Å². The van der Waals surface area contributed by atoms with Gasteiger partial charge in [-0.2, -0.15) is 0 Å². The summed E-state index contributed by atoms with van der Waals surface area (Å²) < 4.78 is 0.851. The zero-order valence-electron chi connectivity index (χ0n) is 5.56. The van der Waals surface area contributed by atoms with Crippen LogP contribution in [0.15, 0.2) is 10.6 Å². The van der Waals surface area contributed by atoms with E-state index in [0.29, 0.717) is 0 Å². The van der Waals surface area contributed by atoms with Gasteiger partial charge in [-0.15, -0.1) is 0 Å². The molecule has 1 atom stereocenters. The summed E-state index contributed by atoms with van der Waals surface area (Å²) >= 11 is 3.20. The first-order valence-corrected chi connectivity index (χ1v) is 3.61. The average molecular weight is 199 g/mol. The first kappa shape index (κ1) is 10.2. The average Bonchev–Trinajstić information content (AvgIpc) is 1.77. The Bertz CT molecular complexity index is 114. The molecule has 46 valence electrons. The van der Waals surface area contributed by atoms with Crippen LogP contribution in [0.2, 0.25) is 0 Å². The number of hydrogen-bond donors (Lipinski definition) is 0. The fourth-order valence-corrected chi connectivity index (χ4v) is 1.27. The van der Waals surface area contributed by atoms with Crippen LogP contribution in [0.25, 0.3) is 0 Å². The van der Waals surface area contributed by atoms with E-state index in [1.807, 2.05) is 6.08 Å². The molecule has 0 spiro atoms. The molecule has 0 saturated heterocycles. The van der Waals surface area contributed by atoms with E-state index in [0.717, 1.165) is 23.7 Å². The van der Waals surface area contributed by atoms with Gasteiger partial charge in [0.2, 0.25) is 0 Å². The Labute approximate surface area is 85.9 Å². The van der Waals surface area contributed by atoms with Crippen molar-refractivity contribution >= 4 is 15.9 Å². The molecule has 0 aromatic heterocycles. The fraction of sp³-hybridized carbons (Fsp3) is 0.667. The first-order chi connectivity index (χ1) is 3.80. The Balaban J connectivity index is 0.000000640. The van der Waals surface area contributed by atoms with Gasteiger partial charge in [0.1, 0.15) is 0 Å². The summed E-state index contributed by atoms with van der Waals surface area (Å²) in [6, 6.07) is 0. The summed E-state index contributed by atoms with van der Waals surface area (Å²) in [5.41, 5.74) is 0. The molecule has 0 aliphatic heterocycles. The van der Waals surface area contributed by atoms with Crippen molar-refractivity contribution in [2.24, 2.45) is 0 Å². The molecule has 0 N–H and O–H groups in total. The molecular formula is C6H8BrNaO. The van der Waals surface area contributed by atoms with Crippen LogP contribution in [0.3, 0.4) is 0 Å². The van der Waals surface area contributed by atoms with E-state index < -0.39 is 6.10 Å². The van der Waals surface area contributed by atoms with Crippen LogP contribution in [0.5, 0.6) is 0 Å². The van der Waals surface area contributed by atoms with E-state index in [2.05, 4.69) is 15.9 Å². The standard InChI is InChI=1S/C6H8BrO.Na/c7-5-3-1-2-4-6(5)8;/h3,6H,1-2,4H2;/q-1;+1. The molecule has 0 radical (unpaired) electrons. The largest absolute Gasteiger partial charge is 1.00 e. The molecule has 3 heteroatoms. The van der Waals surface area contributed by atoms with Crippen LogP contribution >= 0.6 is 15.9 Å². The van der Waals surface area contributed by atoms with Gasteiger partial charge < -0.3 is 5.11 Å². The van der Waals surface area contributed by atoms with Gasteiger partial charge in [0.15, 0.2) is 0 Å². The smallest absolute Gasteiger partial charge is 0.848 e. The van der Waals surface area contributed by atoms with Crippen molar-refractivity contribution in [3.63, 3.8) is 0 Å². The molecule has 0 amide bonds. The third kappa shape index (κ3) is 3.19. The maximum absolute atomic E-state index is 10.8. The van der Waals surface area contributed by atoms with Crippen molar-refractivity contribution in [2.45, 2.75) is 25.4 Å². The van der Waals surface area contributed by atoms with Crippen LogP contribution in [-0.4, -0.2) is 6.10 Å². The SMILES string of the molecule is [Na+].[O-]C1CCCC=C1Br. The minimum absolute atomic E-state index is 0. The fourth-order valence-electron chi connectivity index (χ4n) is 0.813. The zero-order chi connectivity index (χ0) is 5.98. The van der Waals surface area contributed by atoms with E-state index in [1.54, 1.807) is 0 Å². The Morgan fingerprint density at radius 1 is 1.67 bits per heavy atom. The minimum atomic E-state index is -0.469. The molecule has 0 bridgehead atoms. The van der Waals surface area contributed by atoms with Crippen molar-refractivity contribution in [3.8, 4) is 0 Å². The Kier molecular flexibility index (Phi) is 5.56. The normalized spacial score (nSPS) is 26.4. The zero-order valence-corrected chi connectivity index (χ0v) is 9.15. The topological polar surface area (TPSA) is 23.1 Å². The predicted molar refractivity (Wildman–Crippen MR) is 34.6 cm³/mol. The molecule has 1 aliphatic rings. The number of halogens is 1. The van der Waals surface area contributed by atoms with Crippen molar-refractivity contribution in [1.29, 1.82) is 0 Å². The van der Waals surface area contributed by atoms with Gasteiger partial charge in [0.25, 0.3) is 0 Å². The summed E-state index contributed by atoms with van der Waals surface area (Å²) in [7, 11) is 0. The van der Waals surface area contributed by atoms with Crippen LogP contribution in [0, 0.1) is 0 Å². The van der Waals surface area contributed by atoms with Gasteiger partial charge >= 0.3 is 29.6 Å². The summed E-state index contributed by atoms with van der Waals surface area (Å²) in [5.74, 6) is 0. The third-order valence-corrected chi connectivity index (χ3v) is 2.15. The van der Waals surface area contributed by atoms with Crippen molar-refractivity contribution in [1.82, 2.24) is 0 Å². The summed E-state index contributed by atoms with van der Waals surface area (Å²) in [4.78, 5) is 0. The quantitative estimate of drug-likeness (QED) is 0.421. The first-order valence-electron chi connectivity index (χ1n) is 2.82. The van der Waals surface area contributed by atoms with Crippen molar-refractivity contribution in [3.05, 3.63) is 10.6 Å². The molecule has 0 heterocycles. The van der Waals surface area contributed by atoms with Crippen LogP contribution in [-0.2, 0) is 0 Å². The number of rotatable bonds is 0. The van der Waals surface area contributed by atoms with E-state index >= 15 is 0 Å². The van der Waals surface area contributed by atoms with Gasteiger partial charge in [0.05, 0.1) is 0 Å². The van der Waals surface area contributed by atoms with Gasteiger partial charge in [-0.3, -0.25) is 0 Å². The summed E-state index contributed by atoms with van der Waals surface area (Å²) in [6.45, 7) is 0. The number of allylic oxidation sites excluding steroid dienone is 1. The maximum atomic E-state index is 10.8. The molecular weight excluding hydrogens is 191 g/mol. The Hall–Kier alpha value is 1.18. The minimum Gasteiger partial charge on any atom is -0.848 e. The van der Waals surface area contributed by atoms with Crippen LogP contribution in [0.4, 0.5) is 0 Å². The van der Waals surface area contributed by atoms with Crippen molar-refractivity contribution in [2.75, 3.05) is 0 Å². The third-order valence-electron chi connectivity index (χ3n) is 1.32. The maximum Gasteiger partial charge on any atom is 1.00 e. The molecule has 0 aromatic carbocycles. The van der Waals surface area contributed by atoms with Crippen molar-refractivity contribution < 1.29 is 34.7 Å². The molecule has 0 aromatic rings. The number of hydrogen-bond acceptors (Lipinski definition) is 1. The molecule has 1 nitrogen and oxygen atoms in total. The van der Waals surface area contributed by atoms with Gasteiger partial charge in [-0.1, -0.05) is 41.0 Å². The summed E-state index contributed by atoms with van der Waals surface area (Å²) in [6.07, 6.45) is 4.43. The van der Waals surface area contributed by atoms with Gasteiger partial charge in [-0.05, 0) is 10.9 Å².